The van der Waals surface area contributed by atoms with Crippen LogP contribution in [0.25, 0.3) is 0 Å². The molecule has 0 amide bonds. The molecule has 0 heterocycles. The lowest BCUT2D eigenvalue weighted by molar-refractivity contribution is 0.438. The molecule has 0 saturated heterocycles. The molecule has 104 valence electrons. The minimum absolute atomic E-state index is 0.0747. The standard InChI is InChI=1S/C17H17F2N/c1-20-16(14-8-7-13(18)11-15(14)19)17(9-10-17)12-5-3-2-4-6-12/h2-8,11,16,20H,9-10H2,1H3. The Kier molecular flexibility index (Phi) is 3.30. The monoisotopic (exact) mass is 273 g/mol. The summed E-state index contributed by atoms with van der Waals surface area (Å²) >= 11 is 0. The van der Waals surface area contributed by atoms with Crippen LogP contribution in [0.2, 0.25) is 0 Å². The largest absolute Gasteiger partial charge is 0.312 e. The van der Waals surface area contributed by atoms with Gasteiger partial charge in [-0.2, -0.15) is 0 Å². The van der Waals surface area contributed by atoms with Crippen molar-refractivity contribution in [2.24, 2.45) is 0 Å². The van der Waals surface area contributed by atoms with Crippen molar-refractivity contribution in [2.75, 3.05) is 7.05 Å². The molecule has 0 spiro atoms. The number of hydrogen-bond donors (Lipinski definition) is 1. The molecule has 1 nitrogen and oxygen atoms in total. The Morgan fingerprint density at radius 3 is 2.30 bits per heavy atom. The summed E-state index contributed by atoms with van der Waals surface area (Å²) in [6, 6.07) is 13.8. The van der Waals surface area contributed by atoms with E-state index in [-0.39, 0.29) is 11.5 Å². The van der Waals surface area contributed by atoms with E-state index in [0.29, 0.717) is 5.56 Å². The summed E-state index contributed by atoms with van der Waals surface area (Å²) in [5.74, 6) is -1.02. The first-order valence-corrected chi connectivity index (χ1v) is 6.85. The Labute approximate surface area is 117 Å². The fraction of sp³-hybridized carbons (Fsp3) is 0.294. The highest BCUT2D eigenvalue weighted by Gasteiger charge is 2.51. The smallest absolute Gasteiger partial charge is 0.130 e. The van der Waals surface area contributed by atoms with Crippen LogP contribution in [-0.2, 0) is 5.41 Å². The van der Waals surface area contributed by atoms with Gasteiger partial charge in [-0.1, -0.05) is 36.4 Å². The summed E-state index contributed by atoms with van der Waals surface area (Å²) in [6.07, 6.45) is 2.03. The summed E-state index contributed by atoms with van der Waals surface area (Å²) in [6.45, 7) is 0. The van der Waals surface area contributed by atoms with E-state index in [9.17, 15) is 8.78 Å². The molecule has 2 aromatic carbocycles. The summed E-state index contributed by atoms with van der Waals surface area (Å²) in [5, 5.41) is 3.22. The Morgan fingerprint density at radius 2 is 1.75 bits per heavy atom. The fourth-order valence-corrected chi connectivity index (χ4v) is 3.11. The van der Waals surface area contributed by atoms with Crippen LogP contribution in [0, 0.1) is 11.6 Å². The SMILES string of the molecule is CNC(c1ccc(F)cc1F)C1(c2ccccc2)CC1. The van der Waals surface area contributed by atoms with Crippen LogP contribution in [-0.4, -0.2) is 7.05 Å². The van der Waals surface area contributed by atoms with E-state index in [2.05, 4.69) is 17.4 Å². The first kappa shape index (κ1) is 13.3. The van der Waals surface area contributed by atoms with Gasteiger partial charge in [0.25, 0.3) is 0 Å². The molecule has 1 saturated carbocycles. The quantitative estimate of drug-likeness (QED) is 0.889. The lowest BCUT2D eigenvalue weighted by Crippen LogP contribution is -2.30. The van der Waals surface area contributed by atoms with Gasteiger partial charge in [-0.05, 0) is 31.5 Å². The van der Waals surface area contributed by atoms with Gasteiger partial charge in [0.1, 0.15) is 11.6 Å². The predicted octanol–water partition coefficient (Wildman–Crippen LogP) is 3.96. The fourth-order valence-electron chi connectivity index (χ4n) is 3.11. The number of nitrogens with one attached hydrogen (secondary N) is 1. The molecule has 2 aromatic rings. The van der Waals surface area contributed by atoms with E-state index in [0.717, 1.165) is 18.9 Å². The first-order chi connectivity index (χ1) is 9.67. The molecule has 20 heavy (non-hydrogen) atoms. The Bertz CT molecular complexity index is 606. The van der Waals surface area contributed by atoms with E-state index in [1.165, 1.54) is 11.6 Å². The topological polar surface area (TPSA) is 12.0 Å². The average Bonchev–Trinajstić information content (AvgIpc) is 3.25. The molecule has 1 unspecified atom stereocenters. The van der Waals surface area contributed by atoms with Gasteiger partial charge in [-0.15, -0.1) is 0 Å². The molecule has 0 aromatic heterocycles. The van der Waals surface area contributed by atoms with E-state index in [1.54, 1.807) is 6.07 Å². The van der Waals surface area contributed by atoms with E-state index < -0.39 is 11.6 Å². The van der Waals surface area contributed by atoms with Gasteiger partial charge in [-0.3, -0.25) is 0 Å². The molecule has 0 radical (unpaired) electrons. The highest BCUT2D eigenvalue weighted by atomic mass is 19.1. The van der Waals surface area contributed by atoms with Crippen molar-refractivity contribution in [1.82, 2.24) is 5.32 Å². The minimum Gasteiger partial charge on any atom is -0.312 e. The van der Waals surface area contributed by atoms with Crippen LogP contribution in [0.5, 0.6) is 0 Å². The maximum atomic E-state index is 14.1. The molecule has 1 fully saturated rings. The second kappa shape index (κ2) is 4.98. The molecule has 1 atom stereocenters. The number of benzene rings is 2. The van der Waals surface area contributed by atoms with Crippen molar-refractivity contribution in [3.05, 3.63) is 71.3 Å². The van der Waals surface area contributed by atoms with Gasteiger partial charge in [0, 0.05) is 23.1 Å². The maximum Gasteiger partial charge on any atom is 0.130 e. The van der Waals surface area contributed by atoms with E-state index >= 15 is 0 Å². The molecular weight excluding hydrogens is 256 g/mol. The third-order valence-electron chi connectivity index (χ3n) is 4.25. The highest BCUT2D eigenvalue weighted by molar-refractivity contribution is 5.39. The average molecular weight is 273 g/mol. The number of hydrogen-bond acceptors (Lipinski definition) is 1. The van der Waals surface area contributed by atoms with Crippen LogP contribution in [0.1, 0.15) is 30.0 Å². The van der Waals surface area contributed by atoms with E-state index in [1.807, 2.05) is 25.2 Å². The number of likely N-dealkylation sites (N-methyl/N-ethyl adjacent to an activating group) is 1. The van der Waals surface area contributed by atoms with Crippen molar-refractivity contribution in [3.8, 4) is 0 Å². The molecule has 1 N–H and O–H groups in total. The summed E-state index contributed by atoms with van der Waals surface area (Å²) < 4.78 is 27.2. The lowest BCUT2D eigenvalue weighted by atomic mass is 9.83. The van der Waals surface area contributed by atoms with E-state index in [4.69, 9.17) is 0 Å². The van der Waals surface area contributed by atoms with Crippen LogP contribution < -0.4 is 5.32 Å². The minimum atomic E-state index is -0.536. The summed E-state index contributed by atoms with van der Waals surface area (Å²) in [5.41, 5.74) is 1.67. The lowest BCUT2D eigenvalue weighted by Gasteiger charge is -2.28. The third kappa shape index (κ3) is 2.12. The molecule has 1 aliphatic carbocycles. The first-order valence-electron chi connectivity index (χ1n) is 6.85. The Balaban J connectivity index is 2.02. The third-order valence-corrected chi connectivity index (χ3v) is 4.25. The zero-order valence-corrected chi connectivity index (χ0v) is 11.4. The van der Waals surface area contributed by atoms with Crippen molar-refractivity contribution < 1.29 is 8.78 Å². The van der Waals surface area contributed by atoms with Crippen LogP contribution >= 0.6 is 0 Å². The molecule has 3 heteroatoms. The molecular formula is C17H17F2N. The number of halogens is 2. The van der Waals surface area contributed by atoms with Crippen molar-refractivity contribution in [3.63, 3.8) is 0 Å². The second-order valence-electron chi connectivity index (χ2n) is 5.41. The van der Waals surface area contributed by atoms with Gasteiger partial charge in [0.15, 0.2) is 0 Å². The molecule has 0 bridgehead atoms. The second-order valence-corrected chi connectivity index (χ2v) is 5.41. The summed E-state index contributed by atoms with van der Waals surface area (Å²) in [7, 11) is 1.83. The highest BCUT2D eigenvalue weighted by Crippen LogP contribution is 2.56. The summed E-state index contributed by atoms with van der Waals surface area (Å²) in [4.78, 5) is 0. The Morgan fingerprint density at radius 1 is 1.05 bits per heavy atom. The zero-order valence-electron chi connectivity index (χ0n) is 11.4. The predicted molar refractivity (Wildman–Crippen MR) is 75.5 cm³/mol. The normalized spacial score (nSPS) is 17.8. The Hall–Kier alpha value is -1.74. The van der Waals surface area contributed by atoms with Crippen molar-refractivity contribution in [2.45, 2.75) is 24.3 Å². The zero-order chi connectivity index (χ0) is 14.2. The van der Waals surface area contributed by atoms with Gasteiger partial charge < -0.3 is 5.32 Å². The van der Waals surface area contributed by atoms with Crippen LogP contribution in [0.3, 0.4) is 0 Å². The molecule has 0 aliphatic heterocycles. The van der Waals surface area contributed by atoms with Crippen LogP contribution in [0.4, 0.5) is 8.78 Å². The van der Waals surface area contributed by atoms with Gasteiger partial charge in [0.05, 0.1) is 0 Å². The van der Waals surface area contributed by atoms with Crippen LogP contribution in [0.15, 0.2) is 48.5 Å². The van der Waals surface area contributed by atoms with Crippen molar-refractivity contribution >= 4 is 0 Å². The number of rotatable bonds is 4. The van der Waals surface area contributed by atoms with Gasteiger partial charge in [-0.25, -0.2) is 8.78 Å². The molecule has 3 rings (SSSR count). The van der Waals surface area contributed by atoms with Crippen molar-refractivity contribution in [1.29, 1.82) is 0 Å². The molecule has 1 aliphatic rings. The maximum absolute atomic E-state index is 14.1. The van der Waals surface area contributed by atoms with Gasteiger partial charge in [0.2, 0.25) is 0 Å². The van der Waals surface area contributed by atoms with Gasteiger partial charge >= 0.3 is 0 Å².